The number of rotatable bonds is 3. The number of alkyl halides is 3. The van der Waals surface area contributed by atoms with Gasteiger partial charge in [-0.1, -0.05) is 15.9 Å². The number of nitrogens with zero attached hydrogens (tertiary/aromatic N) is 1. The van der Waals surface area contributed by atoms with Crippen LogP contribution in [0, 0.1) is 0 Å². The summed E-state index contributed by atoms with van der Waals surface area (Å²) in [5.74, 6) is 0. The lowest BCUT2D eigenvalue weighted by atomic mass is 10.2. The second-order valence-electron chi connectivity index (χ2n) is 2.69. The summed E-state index contributed by atoms with van der Waals surface area (Å²) >= 11 is 2.99. The van der Waals surface area contributed by atoms with Crippen LogP contribution in [0.4, 0.5) is 8.78 Å². The molecule has 84 valence electrons. The Bertz CT molecular complexity index is 464. The van der Waals surface area contributed by atoms with E-state index < -0.39 is 22.0 Å². The molecule has 0 spiro atoms. The number of nitrogens with two attached hydrogens (primary N) is 1. The SMILES string of the molecule is NS(=O)(=O)c1cc(C(F)F)cnc1CBr. The van der Waals surface area contributed by atoms with Crippen molar-refractivity contribution in [1.29, 1.82) is 0 Å². The van der Waals surface area contributed by atoms with Crippen molar-refractivity contribution in [3.05, 3.63) is 23.5 Å². The van der Waals surface area contributed by atoms with Crippen LogP contribution in [-0.2, 0) is 15.4 Å². The number of pyridine rings is 1. The highest BCUT2D eigenvalue weighted by atomic mass is 79.9. The molecule has 0 aliphatic heterocycles. The molecule has 4 nitrogen and oxygen atoms in total. The summed E-state index contributed by atoms with van der Waals surface area (Å²) < 4.78 is 46.7. The van der Waals surface area contributed by atoms with Crippen LogP contribution in [0.1, 0.15) is 17.7 Å². The molecule has 2 N–H and O–H groups in total. The molecule has 0 amide bonds. The van der Waals surface area contributed by atoms with Crippen LogP contribution in [0.25, 0.3) is 0 Å². The number of hydrogen-bond acceptors (Lipinski definition) is 3. The van der Waals surface area contributed by atoms with Gasteiger partial charge >= 0.3 is 0 Å². The minimum Gasteiger partial charge on any atom is -0.258 e. The van der Waals surface area contributed by atoms with E-state index in [4.69, 9.17) is 5.14 Å². The first-order valence-corrected chi connectivity index (χ1v) is 6.38. The molecule has 0 unspecified atom stereocenters. The summed E-state index contributed by atoms with van der Waals surface area (Å²) in [6, 6.07) is 0.837. The van der Waals surface area contributed by atoms with E-state index in [1.807, 2.05) is 0 Å². The molecule has 0 aliphatic carbocycles. The fourth-order valence-corrected chi connectivity index (χ4v) is 2.34. The second-order valence-corrected chi connectivity index (χ2v) is 4.78. The van der Waals surface area contributed by atoms with Gasteiger partial charge in [-0.15, -0.1) is 0 Å². The molecule has 1 rings (SSSR count). The Kier molecular flexibility index (Phi) is 3.74. The highest BCUT2D eigenvalue weighted by molar-refractivity contribution is 9.08. The molecular weight excluding hydrogens is 294 g/mol. The molecule has 0 saturated heterocycles. The van der Waals surface area contributed by atoms with E-state index in [0.717, 1.165) is 12.3 Å². The van der Waals surface area contributed by atoms with Gasteiger partial charge in [-0.2, -0.15) is 0 Å². The van der Waals surface area contributed by atoms with Gasteiger partial charge in [0.15, 0.2) is 0 Å². The van der Waals surface area contributed by atoms with Gasteiger partial charge in [0.25, 0.3) is 6.43 Å². The first-order chi connectivity index (χ1) is 6.86. The van der Waals surface area contributed by atoms with Gasteiger partial charge in [-0.25, -0.2) is 22.3 Å². The third-order valence-corrected chi connectivity index (χ3v) is 3.13. The third kappa shape index (κ3) is 2.93. The summed E-state index contributed by atoms with van der Waals surface area (Å²) in [4.78, 5) is 3.22. The van der Waals surface area contributed by atoms with Gasteiger partial charge in [0.1, 0.15) is 4.90 Å². The van der Waals surface area contributed by atoms with Crippen molar-refractivity contribution < 1.29 is 17.2 Å². The van der Waals surface area contributed by atoms with Gasteiger partial charge in [-0.3, -0.25) is 4.98 Å². The van der Waals surface area contributed by atoms with Crippen LogP contribution in [0.2, 0.25) is 0 Å². The van der Waals surface area contributed by atoms with E-state index in [1.54, 1.807) is 0 Å². The zero-order valence-electron chi connectivity index (χ0n) is 7.32. The molecule has 0 saturated carbocycles. The number of halogens is 3. The normalized spacial score (nSPS) is 12.1. The van der Waals surface area contributed by atoms with Crippen LogP contribution in [0.5, 0.6) is 0 Å². The molecule has 0 radical (unpaired) electrons. The fourth-order valence-electron chi connectivity index (χ4n) is 0.954. The largest absolute Gasteiger partial charge is 0.265 e. The van der Waals surface area contributed by atoms with Gasteiger partial charge < -0.3 is 0 Å². The van der Waals surface area contributed by atoms with E-state index in [2.05, 4.69) is 20.9 Å². The highest BCUT2D eigenvalue weighted by Crippen LogP contribution is 2.23. The molecule has 0 atom stereocenters. The van der Waals surface area contributed by atoms with Crippen molar-refractivity contribution in [3.63, 3.8) is 0 Å². The minimum atomic E-state index is -4.03. The predicted octanol–water partition coefficient (Wildman–Crippen LogP) is 1.56. The molecule has 0 aromatic carbocycles. The van der Waals surface area contributed by atoms with Crippen molar-refractivity contribution in [2.24, 2.45) is 5.14 Å². The van der Waals surface area contributed by atoms with Gasteiger partial charge in [0.05, 0.1) is 5.69 Å². The first kappa shape index (κ1) is 12.5. The molecule has 1 aromatic heterocycles. The zero-order valence-corrected chi connectivity index (χ0v) is 9.72. The maximum atomic E-state index is 12.3. The molecule has 8 heteroatoms. The maximum absolute atomic E-state index is 12.3. The van der Waals surface area contributed by atoms with E-state index in [9.17, 15) is 17.2 Å². The van der Waals surface area contributed by atoms with E-state index in [1.165, 1.54) is 0 Å². The Morgan fingerprint density at radius 1 is 1.53 bits per heavy atom. The predicted molar refractivity (Wildman–Crippen MR) is 53.2 cm³/mol. The first-order valence-electron chi connectivity index (χ1n) is 3.72. The Hall–Kier alpha value is -0.600. The van der Waals surface area contributed by atoms with Crippen LogP contribution < -0.4 is 5.14 Å². The summed E-state index contributed by atoms with van der Waals surface area (Å²) in [6.45, 7) is 0. The monoisotopic (exact) mass is 300 g/mol. The van der Waals surface area contributed by atoms with Gasteiger partial charge in [0, 0.05) is 17.1 Å². The van der Waals surface area contributed by atoms with Gasteiger partial charge in [-0.05, 0) is 6.07 Å². The zero-order chi connectivity index (χ0) is 11.6. The van der Waals surface area contributed by atoms with Crippen molar-refractivity contribution in [1.82, 2.24) is 4.98 Å². The van der Waals surface area contributed by atoms with Crippen LogP contribution in [0.3, 0.4) is 0 Å². The average Bonchev–Trinajstić information content (AvgIpc) is 2.15. The Labute approximate surface area is 93.7 Å². The topological polar surface area (TPSA) is 73.1 Å². The third-order valence-electron chi connectivity index (χ3n) is 1.64. The summed E-state index contributed by atoms with van der Waals surface area (Å²) in [6.07, 6.45) is -1.85. The Balaban J connectivity index is 3.39. The highest BCUT2D eigenvalue weighted by Gasteiger charge is 2.18. The standard InChI is InChI=1S/C7H7BrF2N2O2S/c8-2-5-6(15(11,13)14)1-4(3-12-5)7(9)10/h1,3,7H,2H2,(H2,11,13,14). The van der Waals surface area contributed by atoms with Crippen LogP contribution >= 0.6 is 15.9 Å². The van der Waals surface area contributed by atoms with Crippen molar-refractivity contribution >= 4 is 26.0 Å². The van der Waals surface area contributed by atoms with Gasteiger partial charge in [0.2, 0.25) is 10.0 Å². The van der Waals surface area contributed by atoms with Crippen LogP contribution in [0.15, 0.2) is 17.2 Å². The second kappa shape index (κ2) is 4.50. The number of hydrogen-bond donors (Lipinski definition) is 1. The minimum absolute atomic E-state index is 0.113. The maximum Gasteiger partial charge on any atom is 0.265 e. The summed E-state index contributed by atoms with van der Waals surface area (Å²) in [5, 5.41) is 5.00. The van der Waals surface area contributed by atoms with Crippen molar-refractivity contribution in [2.75, 3.05) is 0 Å². The van der Waals surface area contributed by atoms with E-state index in [-0.39, 0.29) is 15.9 Å². The molecule has 0 fully saturated rings. The quantitative estimate of drug-likeness (QED) is 0.861. The lowest BCUT2D eigenvalue weighted by Gasteiger charge is -2.06. The summed E-state index contributed by atoms with van der Waals surface area (Å²) in [5.41, 5.74) is -0.356. The number of primary sulfonamides is 1. The molecule has 0 aliphatic rings. The average molecular weight is 301 g/mol. The number of aromatic nitrogens is 1. The molecule has 15 heavy (non-hydrogen) atoms. The molecule has 1 aromatic rings. The lowest BCUT2D eigenvalue weighted by molar-refractivity contribution is 0.150. The molecule has 1 heterocycles. The fraction of sp³-hybridized carbons (Fsp3) is 0.286. The lowest BCUT2D eigenvalue weighted by Crippen LogP contribution is -2.15. The molecular formula is C7H7BrF2N2O2S. The Morgan fingerprint density at radius 3 is 2.53 bits per heavy atom. The molecule has 0 bridgehead atoms. The van der Waals surface area contributed by atoms with Crippen molar-refractivity contribution in [2.45, 2.75) is 16.7 Å². The van der Waals surface area contributed by atoms with Crippen LogP contribution in [-0.4, -0.2) is 13.4 Å². The van der Waals surface area contributed by atoms with E-state index >= 15 is 0 Å². The summed E-state index contributed by atoms with van der Waals surface area (Å²) in [7, 11) is -4.03. The number of sulfonamides is 1. The smallest absolute Gasteiger partial charge is 0.258 e. The van der Waals surface area contributed by atoms with E-state index in [0.29, 0.717) is 0 Å². The van der Waals surface area contributed by atoms with Crippen molar-refractivity contribution in [3.8, 4) is 0 Å². The Morgan fingerprint density at radius 2 is 2.13 bits per heavy atom.